The van der Waals surface area contributed by atoms with E-state index in [-0.39, 0.29) is 5.56 Å². The quantitative estimate of drug-likeness (QED) is 0.686. The van der Waals surface area contributed by atoms with E-state index in [2.05, 4.69) is 9.71 Å². The van der Waals surface area contributed by atoms with Gasteiger partial charge in [-0.15, -0.1) is 0 Å². The molecule has 0 aliphatic rings. The number of fused-ring (bicyclic) bond motifs is 1. The Bertz CT molecular complexity index is 1010. The van der Waals surface area contributed by atoms with Gasteiger partial charge in [0.05, 0.1) is 5.69 Å². The van der Waals surface area contributed by atoms with Crippen LogP contribution in [-0.2, 0) is 10.2 Å². The molecule has 0 amide bonds. The van der Waals surface area contributed by atoms with E-state index in [9.17, 15) is 13.2 Å². The molecule has 0 saturated carbocycles. The number of anilines is 1. The van der Waals surface area contributed by atoms with Crippen molar-refractivity contribution in [1.82, 2.24) is 4.98 Å². The van der Waals surface area contributed by atoms with Crippen molar-refractivity contribution in [3.63, 3.8) is 0 Å². The van der Waals surface area contributed by atoms with E-state index in [0.717, 1.165) is 22.0 Å². The van der Waals surface area contributed by atoms with Crippen molar-refractivity contribution in [2.24, 2.45) is 5.14 Å². The lowest BCUT2D eigenvalue weighted by Gasteiger charge is -2.09. The Balaban J connectivity index is 2.20. The van der Waals surface area contributed by atoms with Gasteiger partial charge >= 0.3 is 0 Å². The molecule has 0 radical (unpaired) electrons. The Hall–Kier alpha value is -2.64. The van der Waals surface area contributed by atoms with Crippen LogP contribution in [0.5, 0.6) is 0 Å². The van der Waals surface area contributed by atoms with Gasteiger partial charge in [0.25, 0.3) is 10.2 Å². The van der Waals surface area contributed by atoms with Gasteiger partial charge in [-0.25, -0.2) is 5.14 Å². The molecule has 0 fully saturated rings. The van der Waals surface area contributed by atoms with Crippen molar-refractivity contribution in [3.05, 3.63) is 65.0 Å². The van der Waals surface area contributed by atoms with E-state index in [0.29, 0.717) is 5.69 Å². The molecule has 0 aliphatic heterocycles. The van der Waals surface area contributed by atoms with Gasteiger partial charge in [-0.1, -0.05) is 30.3 Å². The van der Waals surface area contributed by atoms with Gasteiger partial charge in [0.2, 0.25) is 5.56 Å². The summed E-state index contributed by atoms with van der Waals surface area (Å²) in [5, 5.41) is 5.85. The summed E-state index contributed by atoms with van der Waals surface area (Å²) >= 11 is 0. The SMILES string of the molecule is NS(=O)(=O)Nc1cccc(-c2cc(=O)[nH]c3ccccc23)c1. The minimum Gasteiger partial charge on any atom is -0.322 e. The molecular weight excluding hydrogens is 302 g/mol. The number of H-pyrrole nitrogens is 1. The largest absolute Gasteiger partial charge is 0.322 e. The molecule has 0 unspecified atom stereocenters. The molecule has 0 aliphatic carbocycles. The lowest BCUT2D eigenvalue weighted by molar-refractivity contribution is 0.603. The molecule has 0 atom stereocenters. The van der Waals surface area contributed by atoms with Crippen LogP contribution in [0.1, 0.15) is 0 Å². The first kappa shape index (κ1) is 14.3. The van der Waals surface area contributed by atoms with E-state index in [1.807, 2.05) is 24.3 Å². The van der Waals surface area contributed by atoms with Crippen LogP contribution in [-0.4, -0.2) is 13.4 Å². The Morgan fingerprint density at radius 1 is 1.00 bits per heavy atom. The first-order valence-electron chi connectivity index (χ1n) is 6.45. The second-order valence-electron chi connectivity index (χ2n) is 4.82. The van der Waals surface area contributed by atoms with E-state index in [1.54, 1.807) is 24.3 Å². The maximum Gasteiger partial charge on any atom is 0.296 e. The number of rotatable bonds is 3. The summed E-state index contributed by atoms with van der Waals surface area (Å²) in [5.41, 5.74) is 2.27. The first-order valence-corrected chi connectivity index (χ1v) is 8.00. The Labute approximate surface area is 126 Å². The predicted molar refractivity (Wildman–Crippen MR) is 86.7 cm³/mol. The van der Waals surface area contributed by atoms with Crippen LogP contribution >= 0.6 is 0 Å². The van der Waals surface area contributed by atoms with Gasteiger partial charge in [-0.2, -0.15) is 8.42 Å². The maximum atomic E-state index is 11.8. The fraction of sp³-hybridized carbons (Fsp3) is 0. The van der Waals surface area contributed by atoms with Crippen molar-refractivity contribution in [2.45, 2.75) is 0 Å². The number of nitrogens with one attached hydrogen (secondary N) is 2. The lowest BCUT2D eigenvalue weighted by atomic mass is 10.0. The fourth-order valence-corrected chi connectivity index (χ4v) is 2.81. The van der Waals surface area contributed by atoms with Crippen molar-refractivity contribution in [2.75, 3.05) is 4.72 Å². The Morgan fingerprint density at radius 2 is 1.77 bits per heavy atom. The van der Waals surface area contributed by atoms with E-state index >= 15 is 0 Å². The topological polar surface area (TPSA) is 105 Å². The minimum absolute atomic E-state index is 0.224. The van der Waals surface area contributed by atoms with Crippen molar-refractivity contribution in [3.8, 4) is 11.1 Å². The van der Waals surface area contributed by atoms with Crippen LogP contribution in [0.4, 0.5) is 5.69 Å². The van der Waals surface area contributed by atoms with Gasteiger partial charge in [0.1, 0.15) is 0 Å². The summed E-state index contributed by atoms with van der Waals surface area (Å²) in [7, 11) is -3.84. The molecule has 7 heteroatoms. The highest BCUT2D eigenvalue weighted by Gasteiger charge is 2.08. The maximum absolute atomic E-state index is 11.8. The van der Waals surface area contributed by atoms with Crippen LogP contribution in [0.15, 0.2) is 59.4 Å². The van der Waals surface area contributed by atoms with Gasteiger partial charge in [-0.05, 0) is 29.3 Å². The zero-order valence-electron chi connectivity index (χ0n) is 11.4. The second-order valence-corrected chi connectivity index (χ2v) is 6.11. The van der Waals surface area contributed by atoms with Gasteiger partial charge in [0.15, 0.2) is 0 Å². The van der Waals surface area contributed by atoms with Crippen molar-refractivity contribution in [1.29, 1.82) is 0 Å². The zero-order valence-corrected chi connectivity index (χ0v) is 12.2. The van der Waals surface area contributed by atoms with Crippen LogP contribution in [0.3, 0.4) is 0 Å². The number of nitrogens with two attached hydrogens (primary N) is 1. The second kappa shape index (κ2) is 5.28. The van der Waals surface area contributed by atoms with Crippen molar-refractivity contribution >= 4 is 26.8 Å². The highest BCUT2D eigenvalue weighted by atomic mass is 32.2. The third-order valence-corrected chi connectivity index (χ3v) is 3.70. The van der Waals surface area contributed by atoms with Crippen molar-refractivity contribution < 1.29 is 8.42 Å². The standard InChI is InChI=1S/C15H13N3O3S/c16-22(20,21)18-11-5-3-4-10(8-11)13-9-15(19)17-14-7-2-1-6-12(13)14/h1-9,18H,(H,17,19)(H2,16,20,21). The molecule has 1 aromatic heterocycles. The molecule has 22 heavy (non-hydrogen) atoms. The highest BCUT2D eigenvalue weighted by molar-refractivity contribution is 7.90. The molecule has 3 rings (SSSR count). The number of hydrogen-bond donors (Lipinski definition) is 3. The normalized spacial score (nSPS) is 11.5. The summed E-state index contributed by atoms with van der Waals surface area (Å²) in [6, 6.07) is 15.6. The molecule has 1 heterocycles. The highest BCUT2D eigenvalue weighted by Crippen LogP contribution is 2.28. The number of aromatic amines is 1. The Kier molecular flexibility index (Phi) is 3.44. The molecule has 4 N–H and O–H groups in total. The molecule has 0 bridgehead atoms. The molecule has 6 nitrogen and oxygen atoms in total. The summed E-state index contributed by atoms with van der Waals surface area (Å²) in [4.78, 5) is 14.6. The number of aromatic nitrogens is 1. The molecule has 0 saturated heterocycles. The number of para-hydroxylation sites is 1. The molecule has 112 valence electrons. The van der Waals surface area contributed by atoms with Crippen LogP contribution in [0.25, 0.3) is 22.0 Å². The average molecular weight is 315 g/mol. The summed E-state index contributed by atoms with van der Waals surface area (Å²) in [5.74, 6) is 0. The summed E-state index contributed by atoms with van der Waals surface area (Å²) in [6.07, 6.45) is 0. The van der Waals surface area contributed by atoms with E-state index < -0.39 is 10.2 Å². The lowest BCUT2D eigenvalue weighted by Crippen LogP contribution is -2.21. The smallest absolute Gasteiger partial charge is 0.296 e. The van der Waals surface area contributed by atoms with Crippen LogP contribution in [0.2, 0.25) is 0 Å². The van der Waals surface area contributed by atoms with E-state index in [4.69, 9.17) is 5.14 Å². The minimum atomic E-state index is -3.84. The number of pyridine rings is 1. The van der Waals surface area contributed by atoms with Crippen LogP contribution < -0.4 is 15.4 Å². The van der Waals surface area contributed by atoms with Crippen LogP contribution in [0, 0.1) is 0 Å². The fourth-order valence-electron chi connectivity index (χ4n) is 2.36. The Morgan fingerprint density at radius 3 is 2.55 bits per heavy atom. The molecule has 3 aromatic rings. The number of benzene rings is 2. The zero-order chi connectivity index (χ0) is 15.7. The third-order valence-electron chi connectivity index (χ3n) is 3.18. The predicted octanol–water partition coefficient (Wildman–Crippen LogP) is 1.81. The van der Waals surface area contributed by atoms with Gasteiger partial charge < -0.3 is 4.98 Å². The summed E-state index contributed by atoms with van der Waals surface area (Å²) in [6.45, 7) is 0. The molecule has 0 spiro atoms. The van der Waals surface area contributed by atoms with E-state index in [1.165, 1.54) is 6.07 Å². The average Bonchev–Trinajstić information content (AvgIpc) is 2.45. The first-order chi connectivity index (χ1) is 10.4. The summed E-state index contributed by atoms with van der Waals surface area (Å²) < 4.78 is 24.5. The van der Waals surface area contributed by atoms with Gasteiger partial charge in [0, 0.05) is 17.0 Å². The van der Waals surface area contributed by atoms with Gasteiger partial charge in [-0.3, -0.25) is 9.52 Å². The number of hydrogen-bond acceptors (Lipinski definition) is 3. The monoisotopic (exact) mass is 315 g/mol. The molecule has 2 aromatic carbocycles. The third kappa shape index (κ3) is 3.00. The molecular formula is C15H13N3O3S.